The monoisotopic (exact) mass is 353 g/mol. The molecule has 0 aliphatic carbocycles. The Morgan fingerprint density at radius 2 is 2.04 bits per heavy atom. The molecule has 23 heavy (non-hydrogen) atoms. The molecule has 2 aromatic rings. The highest BCUT2D eigenvalue weighted by atomic mass is 35.5. The van der Waals surface area contributed by atoms with Crippen LogP contribution in [0.4, 0.5) is 0 Å². The summed E-state index contributed by atoms with van der Waals surface area (Å²) in [6, 6.07) is 12.1. The van der Waals surface area contributed by atoms with Crippen molar-refractivity contribution in [2.45, 2.75) is 26.1 Å². The fourth-order valence-electron chi connectivity index (χ4n) is 1.90. The van der Waals surface area contributed by atoms with E-state index in [1.807, 2.05) is 30.3 Å². The summed E-state index contributed by atoms with van der Waals surface area (Å²) in [5, 5.41) is 12.9. The molecular formula is C17H17Cl2NO3. The van der Waals surface area contributed by atoms with Crippen molar-refractivity contribution >= 4 is 29.2 Å². The zero-order valence-electron chi connectivity index (χ0n) is 12.6. The maximum absolute atomic E-state index is 10.8. The van der Waals surface area contributed by atoms with Gasteiger partial charge in [-0.2, -0.15) is 0 Å². The van der Waals surface area contributed by atoms with Crippen LogP contribution in [0.2, 0.25) is 10.0 Å². The Morgan fingerprint density at radius 3 is 2.74 bits per heavy atom. The van der Waals surface area contributed by atoms with Crippen LogP contribution in [-0.4, -0.2) is 17.1 Å². The van der Waals surface area contributed by atoms with Gasteiger partial charge in [0.05, 0.1) is 0 Å². The van der Waals surface area contributed by atoms with Crippen molar-refractivity contribution in [1.82, 2.24) is 5.32 Å². The Bertz CT molecular complexity index is 691. The third-order valence-electron chi connectivity index (χ3n) is 3.29. The van der Waals surface area contributed by atoms with Crippen LogP contribution < -0.4 is 10.1 Å². The van der Waals surface area contributed by atoms with Crippen molar-refractivity contribution in [3.63, 3.8) is 0 Å². The van der Waals surface area contributed by atoms with Crippen molar-refractivity contribution < 1.29 is 14.6 Å². The van der Waals surface area contributed by atoms with E-state index in [4.69, 9.17) is 33.0 Å². The highest BCUT2D eigenvalue weighted by Gasteiger charge is 2.09. The van der Waals surface area contributed by atoms with E-state index >= 15 is 0 Å². The molecule has 0 aliphatic heterocycles. The Labute approximate surface area is 145 Å². The molecule has 2 aromatic carbocycles. The maximum Gasteiger partial charge on any atom is 0.320 e. The van der Waals surface area contributed by atoms with Crippen LogP contribution in [0, 0.1) is 0 Å². The molecule has 0 saturated carbocycles. The highest BCUT2D eigenvalue weighted by Crippen LogP contribution is 2.23. The Morgan fingerprint density at radius 1 is 1.26 bits per heavy atom. The molecule has 0 bridgehead atoms. The third-order valence-corrected chi connectivity index (χ3v) is 3.88. The second-order valence-electron chi connectivity index (χ2n) is 5.11. The Kier molecular flexibility index (Phi) is 6.28. The van der Waals surface area contributed by atoms with Gasteiger partial charge in [0.2, 0.25) is 0 Å². The Balaban J connectivity index is 1.95. The van der Waals surface area contributed by atoms with Gasteiger partial charge in [-0.3, -0.25) is 4.79 Å². The first-order valence-electron chi connectivity index (χ1n) is 7.07. The Hall–Kier alpha value is -1.75. The van der Waals surface area contributed by atoms with Crippen LogP contribution in [0.25, 0.3) is 0 Å². The van der Waals surface area contributed by atoms with Gasteiger partial charge >= 0.3 is 5.97 Å². The van der Waals surface area contributed by atoms with Gasteiger partial charge in [-0.05, 0) is 36.8 Å². The highest BCUT2D eigenvalue weighted by molar-refractivity contribution is 6.35. The van der Waals surface area contributed by atoms with Crippen LogP contribution in [0.3, 0.4) is 0 Å². The smallest absolute Gasteiger partial charge is 0.320 e. The van der Waals surface area contributed by atoms with Gasteiger partial charge in [-0.1, -0.05) is 41.4 Å². The van der Waals surface area contributed by atoms with Crippen molar-refractivity contribution in [3.8, 4) is 5.75 Å². The van der Waals surface area contributed by atoms with Gasteiger partial charge in [0.1, 0.15) is 18.4 Å². The molecule has 0 heterocycles. The second kappa shape index (κ2) is 8.20. The molecule has 122 valence electrons. The van der Waals surface area contributed by atoms with Crippen LogP contribution in [-0.2, 0) is 17.9 Å². The summed E-state index contributed by atoms with van der Waals surface area (Å²) in [5.41, 5.74) is 1.79. The van der Waals surface area contributed by atoms with Gasteiger partial charge in [-0.15, -0.1) is 0 Å². The molecule has 0 aliphatic rings. The maximum atomic E-state index is 10.8. The van der Waals surface area contributed by atoms with Gasteiger partial charge in [0.15, 0.2) is 0 Å². The number of carboxylic acids is 1. The van der Waals surface area contributed by atoms with E-state index in [9.17, 15) is 4.79 Å². The SMILES string of the molecule is CC(NCc1cccc(OCc2ccc(Cl)cc2Cl)c1)C(=O)O. The quantitative estimate of drug-likeness (QED) is 0.785. The molecule has 0 fully saturated rings. The minimum absolute atomic E-state index is 0.332. The first-order chi connectivity index (χ1) is 11.0. The molecule has 0 spiro atoms. The fraction of sp³-hybridized carbons (Fsp3) is 0.235. The lowest BCUT2D eigenvalue weighted by atomic mass is 10.2. The number of nitrogens with one attached hydrogen (secondary N) is 1. The summed E-state index contributed by atoms with van der Waals surface area (Å²) in [6.07, 6.45) is 0. The largest absolute Gasteiger partial charge is 0.489 e. The molecule has 1 atom stereocenters. The van der Waals surface area contributed by atoms with Crippen molar-refractivity contribution in [1.29, 1.82) is 0 Å². The fourth-order valence-corrected chi connectivity index (χ4v) is 2.37. The summed E-state index contributed by atoms with van der Waals surface area (Å²) in [7, 11) is 0. The molecule has 4 nitrogen and oxygen atoms in total. The molecule has 2 N–H and O–H groups in total. The third kappa shape index (κ3) is 5.43. The number of carbonyl (C=O) groups is 1. The van der Waals surface area contributed by atoms with Gasteiger partial charge < -0.3 is 15.2 Å². The van der Waals surface area contributed by atoms with Gasteiger partial charge in [-0.25, -0.2) is 0 Å². The summed E-state index contributed by atoms with van der Waals surface area (Å²) >= 11 is 12.0. The van der Waals surface area contributed by atoms with Gasteiger partial charge in [0.25, 0.3) is 0 Å². The van der Waals surface area contributed by atoms with Crippen LogP contribution in [0.5, 0.6) is 5.75 Å². The predicted octanol–water partition coefficient (Wildman–Crippen LogP) is 4.14. The lowest BCUT2D eigenvalue weighted by Crippen LogP contribution is -2.33. The first kappa shape index (κ1) is 17.6. The first-order valence-corrected chi connectivity index (χ1v) is 7.83. The topological polar surface area (TPSA) is 58.6 Å². The van der Waals surface area contributed by atoms with Crippen LogP contribution >= 0.6 is 23.2 Å². The lowest BCUT2D eigenvalue weighted by Gasteiger charge is -2.11. The summed E-state index contributed by atoms with van der Waals surface area (Å²) < 4.78 is 5.74. The molecule has 0 saturated heterocycles. The number of aliphatic carboxylic acids is 1. The number of hydrogen-bond acceptors (Lipinski definition) is 3. The molecule has 1 unspecified atom stereocenters. The van der Waals surface area contributed by atoms with Gasteiger partial charge in [0, 0.05) is 22.2 Å². The zero-order chi connectivity index (χ0) is 16.8. The van der Waals surface area contributed by atoms with Crippen molar-refractivity contribution in [2.24, 2.45) is 0 Å². The van der Waals surface area contributed by atoms with E-state index in [2.05, 4.69) is 5.32 Å². The molecular weight excluding hydrogens is 337 g/mol. The van der Waals surface area contributed by atoms with E-state index in [0.29, 0.717) is 28.9 Å². The number of halogens is 2. The summed E-state index contributed by atoms with van der Waals surface area (Å²) in [5.74, 6) is -0.187. The molecule has 6 heteroatoms. The average molecular weight is 354 g/mol. The standard InChI is InChI=1S/C17H17Cl2NO3/c1-11(17(21)22)20-9-12-3-2-4-15(7-12)23-10-13-5-6-14(18)8-16(13)19/h2-8,11,20H,9-10H2,1H3,(H,21,22). The van der Waals surface area contributed by atoms with Crippen molar-refractivity contribution in [2.75, 3.05) is 0 Å². The van der Waals surface area contributed by atoms with E-state index in [0.717, 1.165) is 11.1 Å². The van der Waals surface area contributed by atoms with E-state index in [-0.39, 0.29) is 0 Å². The van der Waals surface area contributed by atoms with Crippen molar-refractivity contribution in [3.05, 3.63) is 63.6 Å². The number of rotatable bonds is 7. The minimum Gasteiger partial charge on any atom is -0.489 e. The van der Waals surface area contributed by atoms with E-state index < -0.39 is 12.0 Å². The molecule has 0 radical (unpaired) electrons. The summed E-state index contributed by atoms with van der Waals surface area (Å²) in [4.78, 5) is 10.8. The number of carboxylic acid groups (broad SMARTS) is 1. The normalized spacial score (nSPS) is 12.0. The number of ether oxygens (including phenoxy) is 1. The van der Waals surface area contributed by atoms with Crippen LogP contribution in [0.15, 0.2) is 42.5 Å². The van der Waals surface area contributed by atoms with Crippen LogP contribution in [0.1, 0.15) is 18.1 Å². The average Bonchev–Trinajstić information content (AvgIpc) is 2.52. The minimum atomic E-state index is -0.880. The number of hydrogen-bond donors (Lipinski definition) is 2. The van der Waals surface area contributed by atoms with E-state index in [1.54, 1.807) is 19.1 Å². The lowest BCUT2D eigenvalue weighted by molar-refractivity contribution is -0.139. The predicted molar refractivity (Wildman–Crippen MR) is 91.2 cm³/mol. The zero-order valence-corrected chi connectivity index (χ0v) is 14.1. The van der Waals surface area contributed by atoms with E-state index in [1.165, 1.54) is 0 Å². The second-order valence-corrected chi connectivity index (χ2v) is 5.96. The molecule has 0 aromatic heterocycles. The summed E-state index contributed by atoms with van der Waals surface area (Å²) in [6.45, 7) is 2.38. The molecule has 0 amide bonds. The molecule has 2 rings (SSSR count). The number of benzene rings is 2.